The fourth-order valence-electron chi connectivity index (χ4n) is 2.63. The van der Waals surface area contributed by atoms with Crippen LogP contribution in [-0.2, 0) is 9.59 Å². The summed E-state index contributed by atoms with van der Waals surface area (Å²) in [5.74, 6) is 0.711. The van der Waals surface area contributed by atoms with E-state index in [0.29, 0.717) is 30.9 Å². The van der Waals surface area contributed by atoms with E-state index in [1.165, 1.54) is 0 Å². The molecule has 0 saturated heterocycles. The van der Waals surface area contributed by atoms with Crippen molar-refractivity contribution in [3.8, 4) is 5.75 Å². The first-order valence-electron chi connectivity index (χ1n) is 9.47. The molecule has 0 fully saturated rings. The molecule has 2 rings (SSSR count). The summed E-state index contributed by atoms with van der Waals surface area (Å²) in [6.45, 7) is 6.14. The smallest absolute Gasteiger partial charge is 0.224 e. The summed E-state index contributed by atoms with van der Waals surface area (Å²) in [6.07, 6.45) is 1.46. The summed E-state index contributed by atoms with van der Waals surface area (Å²) in [5, 5.41) is 6.50. The van der Waals surface area contributed by atoms with Crippen molar-refractivity contribution in [2.75, 3.05) is 11.9 Å². The molecule has 0 bridgehead atoms. The van der Waals surface area contributed by atoms with Crippen molar-refractivity contribution >= 4 is 29.1 Å². The first kappa shape index (κ1) is 21.8. The second-order valence-corrected chi connectivity index (χ2v) is 7.08. The van der Waals surface area contributed by atoms with Gasteiger partial charge in [0.15, 0.2) is 0 Å². The summed E-state index contributed by atoms with van der Waals surface area (Å²) in [5.41, 5.74) is 2.70. The topological polar surface area (TPSA) is 67.4 Å². The van der Waals surface area contributed by atoms with E-state index in [-0.39, 0.29) is 17.9 Å². The number of amides is 2. The van der Waals surface area contributed by atoms with E-state index in [1.54, 1.807) is 6.07 Å². The van der Waals surface area contributed by atoms with Crippen LogP contribution in [-0.4, -0.2) is 18.4 Å². The lowest BCUT2D eigenvalue weighted by Gasteiger charge is -2.15. The van der Waals surface area contributed by atoms with Crippen LogP contribution in [0.3, 0.4) is 0 Å². The molecule has 2 N–H and O–H groups in total. The van der Waals surface area contributed by atoms with Crippen LogP contribution in [0.15, 0.2) is 42.5 Å². The number of carbonyl (C=O) groups excluding carboxylic acids is 2. The van der Waals surface area contributed by atoms with Crippen LogP contribution in [0, 0.1) is 6.92 Å². The molecule has 0 heterocycles. The molecular formula is C22H27ClN2O3. The lowest BCUT2D eigenvalue weighted by atomic mass is 10.1. The Morgan fingerprint density at radius 2 is 1.82 bits per heavy atom. The van der Waals surface area contributed by atoms with Crippen molar-refractivity contribution in [1.82, 2.24) is 5.32 Å². The summed E-state index contributed by atoms with van der Waals surface area (Å²) in [4.78, 5) is 23.6. The third-order valence-corrected chi connectivity index (χ3v) is 4.76. The van der Waals surface area contributed by atoms with Gasteiger partial charge in [-0.15, -0.1) is 0 Å². The SMILES string of the molecule is CCC(=O)Nc1ccc(C(C)NC(=O)CCCOc2ccc(Cl)c(C)c2)cc1. The zero-order valence-electron chi connectivity index (χ0n) is 16.5. The standard InChI is InChI=1S/C22H27ClN2O3/c1-4-21(26)25-18-9-7-17(8-10-18)16(3)24-22(27)6-5-13-28-19-11-12-20(23)15(2)14-19/h7-12,14,16H,4-6,13H2,1-3H3,(H,24,27)(H,25,26). The Labute approximate surface area is 171 Å². The van der Waals surface area contributed by atoms with E-state index >= 15 is 0 Å². The van der Waals surface area contributed by atoms with E-state index in [9.17, 15) is 9.59 Å². The maximum atomic E-state index is 12.1. The number of hydrogen-bond donors (Lipinski definition) is 2. The lowest BCUT2D eigenvalue weighted by Crippen LogP contribution is -2.26. The number of aryl methyl sites for hydroxylation is 1. The molecule has 2 amide bonds. The minimum Gasteiger partial charge on any atom is -0.494 e. The van der Waals surface area contributed by atoms with E-state index in [0.717, 1.165) is 22.6 Å². The average Bonchev–Trinajstić information content (AvgIpc) is 2.68. The van der Waals surface area contributed by atoms with Crippen LogP contribution in [0.2, 0.25) is 5.02 Å². The summed E-state index contributed by atoms with van der Waals surface area (Å²) in [7, 11) is 0. The predicted octanol–water partition coefficient (Wildman–Crippen LogP) is 5.03. The van der Waals surface area contributed by atoms with Gasteiger partial charge in [0.25, 0.3) is 0 Å². The molecule has 150 valence electrons. The van der Waals surface area contributed by atoms with E-state index < -0.39 is 0 Å². The summed E-state index contributed by atoms with van der Waals surface area (Å²) in [6, 6.07) is 12.9. The number of anilines is 1. The number of carbonyl (C=O) groups is 2. The Morgan fingerprint density at radius 3 is 2.46 bits per heavy atom. The predicted molar refractivity (Wildman–Crippen MR) is 113 cm³/mol. The number of benzene rings is 2. The average molecular weight is 403 g/mol. The molecule has 0 radical (unpaired) electrons. The number of rotatable bonds is 9. The van der Waals surface area contributed by atoms with Crippen molar-refractivity contribution < 1.29 is 14.3 Å². The first-order valence-corrected chi connectivity index (χ1v) is 9.85. The van der Waals surface area contributed by atoms with Crippen molar-refractivity contribution in [2.24, 2.45) is 0 Å². The van der Waals surface area contributed by atoms with Crippen LogP contribution in [0.4, 0.5) is 5.69 Å². The molecule has 0 aromatic heterocycles. The van der Waals surface area contributed by atoms with Crippen LogP contribution in [0.25, 0.3) is 0 Å². The molecule has 1 unspecified atom stereocenters. The van der Waals surface area contributed by atoms with Gasteiger partial charge >= 0.3 is 0 Å². The highest BCUT2D eigenvalue weighted by Crippen LogP contribution is 2.21. The van der Waals surface area contributed by atoms with Gasteiger partial charge in [-0.25, -0.2) is 0 Å². The second kappa shape index (κ2) is 10.7. The molecule has 0 spiro atoms. The Morgan fingerprint density at radius 1 is 1.11 bits per heavy atom. The van der Waals surface area contributed by atoms with Crippen molar-refractivity contribution in [3.05, 3.63) is 58.6 Å². The summed E-state index contributed by atoms with van der Waals surface area (Å²) < 4.78 is 5.66. The number of halogens is 1. The highest BCUT2D eigenvalue weighted by Gasteiger charge is 2.10. The van der Waals surface area contributed by atoms with Crippen LogP contribution in [0.1, 0.15) is 50.3 Å². The van der Waals surface area contributed by atoms with Gasteiger partial charge in [-0.1, -0.05) is 30.7 Å². The highest BCUT2D eigenvalue weighted by atomic mass is 35.5. The number of hydrogen-bond acceptors (Lipinski definition) is 3. The molecule has 1 atom stereocenters. The molecule has 6 heteroatoms. The van der Waals surface area contributed by atoms with Gasteiger partial charge in [-0.2, -0.15) is 0 Å². The number of nitrogens with one attached hydrogen (secondary N) is 2. The van der Waals surface area contributed by atoms with Crippen LogP contribution >= 0.6 is 11.6 Å². The Bertz CT molecular complexity index is 806. The highest BCUT2D eigenvalue weighted by molar-refractivity contribution is 6.31. The number of ether oxygens (including phenoxy) is 1. The van der Waals surface area contributed by atoms with Gasteiger partial charge in [0.2, 0.25) is 11.8 Å². The van der Waals surface area contributed by atoms with Crippen molar-refractivity contribution in [1.29, 1.82) is 0 Å². The van der Waals surface area contributed by atoms with Gasteiger partial charge in [0.05, 0.1) is 12.6 Å². The normalized spacial score (nSPS) is 11.6. The molecule has 5 nitrogen and oxygen atoms in total. The molecule has 0 aliphatic carbocycles. The Hall–Kier alpha value is -2.53. The molecule has 0 aliphatic heterocycles. The Balaban J connectivity index is 1.73. The fourth-order valence-corrected chi connectivity index (χ4v) is 2.75. The van der Waals surface area contributed by atoms with Gasteiger partial charge in [-0.05, 0) is 61.7 Å². The first-order chi connectivity index (χ1) is 13.4. The van der Waals surface area contributed by atoms with Gasteiger partial charge in [0, 0.05) is 23.6 Å². The van der Waals surface area contributed by atoms with Crippen molar-refractivity contribution in [3.63, 3.8) is 0 Å². The minimum absolute atomic E-state index is 0.0215. The minimum atomic E-state index is -0.108. The lowest BCUT2D eigenvalue weighted by molar-refractivity contribution is -0.122. The molecule has 0 aliphatic rings. The molecule has 2 aromatic rings. The fraction of sp³-hybridized carbons (Fsp3) is 0.364. The van der Waals surface area contributed by atoms with Crippen LogP contribution in [0.5, 0.6) is 5.75 Å². The largest absolute Gasteiger partial charge is 0.494 e. The van der Waals surface area contributed by atoms with Crippen LogP contribution < -0.4 is 15.4 Å². The maximum Gasteiger partial charge on any atom is 0.224 e. The quantitative estimate of drug-likeness (QED) is 0.578. The maximum absolute atomic E-state index is 12.1. The van der Waals surface area contributed by atoms with E-state index in [2.05, 4.69) is 10.6 Å². The van der Waals surface area contributed by atoms with Gasteiger partial charge < -0.3 is 15.4 Å². The molecule has 28 heavy (non-hydrogen) atoms. The molecule has 2 aromatic carbocycles. The monoisotopic (exact) mass is 402 g/mol. The molecular weight excluding hydrogens is 376 g/mol. The van der Waals surface area contributed by atoms with E-state index in [4.69, 9.17) is 16.3 Å². The van der Waals surface area contributed by atoms with Crippen molar-refractivity contribution in [2.45, 2.75) is 46.1 Å². The Kier molecular flexibility index (Phi) is 8.33. The van der Waals surface area contributed by atoms with E-state index in [1.807, 2.05) is 57.2 Å². The van der Waals surface area contributed by atoms with Gasteiger partial charge in [-0.3, -0.25) is 9.59 Å². The zero-order chi connectivity index (χ0) is 20.5. The third-order valence-electron chi connectivity index (χ3n) is 4.34. The zero-order valence-corrected chi connectivity index (χ0v) is 17.3. The van der Waals surface area contributed by atoms with Gasteiger partial charge in [0.1, 0.15) is 5.75 Å². The molecule has 0 saturated carbocycles. The second-order valence-electron chi connectivity index (χ2n) is 6.68. The third kappa shape index (κ3) is 6.89. The summed E-state index contributed by atoms with van der Waals surface area (Å²) >= 11 is 5.99.